The van der Waals surface area contributed by atoms with Gasteiger partial charge < -0.3 is 15.2 Å². The molecule has 0 bridgehead atoms. The largest absolute Gasteiger partial charge is 0.356 e. The van der Waals surface area contributed by atoms with Gasteiger partial charge in [-0.15, -0.1) is 0 Å². The van der Waals surface area contributed by atoms with Crippen LogP contribution in [0.25, 0.3) is 0 Å². The lowest BCUT2D eigenvalue weighted by Crippen LogP contribution is -2.30. The fraction of sp³-hybridized carbons (Fsp3) is 0.636. The van der Waals surface area contributed by atoms with Gasteiger partial charge in [-0.1, -0.05) is 0 Å². The van der Waals surface area contributed by atoms with Gasteiger partial charge in [-0.2, -0.15) is 0 Å². The molecule has 0 radical (unpaired) electrons. The zero-order valence-electron chi connectivity index (χ0n) is 9.73. The number of carbonyl (C=O) groups excluding carboxylic acids is 1. The third-order valence-corrected chi connectivity index (χ3v) is 3.19. The van der Waals surface area contributed by atoms with E-state index in [1.165, 1.54) is 5.69 Å². The molecule has 16 heavy (non-hydrogen) atoms. The second kappa shape index (κ2) is 4.65. The highest BCUT2D eigenvalue weighted by Crippen LogP contribution is 2.26. The van der Waals surface area contributed by atoms with Gasteiger partial charge in [0.2, 0.25) is 5.91 Å². The lowest BCUT2D eigenvalue weighted by Gasteiger charge is -2.18. The summed E-state index contributed by atoms with van der Waals surface area (Å²) >= 11 is 0. The van der Waals surface area contributed by atoms with Gasteiger partial charge in [0.15, 0.2) is 0 Å². The van der Waals surface area contributed by atoms with Crippen molar-refractivity contribution in [1.82, 2.24) is 20.2 Å². The number of aromatic nitrogens is 2. The number of rotatable bonds is 3. The Kier molecular flexibility index (Phi) is 3.24. The molecular weight excluding hydrogens is 204 g/mol. The topological polar surface area (TPSA) is 59.0 Å². The maximum Gasteiger partial charge on any atom is 0.216 e. The molecule has 2 atom stereocenters. The summed E-state index contributed by atoms with van der Waals surface area (Å²) in [5.41, 5.74) is 1.24. The minimum absolute atomic E-state index is 0.0376. The van der Waals surface area contributed by atoms with E-state index in [0.29, 0.717) is 11.8 Å². The van der Waals surface area contributed by atoms with Crippen LogP contribution >= 0.6 is 0 Å². The molecule has 0 unspecified atom stereocenters. The molecule has 2 rings (SSSR count). The summed E-state index contributed by atoms with van der Waals surface area (Å²) in [5.74, 6) is 0.939. The monoisotopic (exact) mass is 222 g/mol. The molecule has 5 heteroatoms. The third kappa shape index (κ3) is 2.24. The average molecular weight is 222 g/mol. The molecule has 2 N–H and O–H groups in total. The molecule has 5 nitrogen and oxygen atoms in total. The standard InChI is InChI=1S/C11H18N4O/c1-8(16)14-4-9-3-12-5-10(9)11-6-13-7-15(11)2/h6-7,9-10,12H,3-5H2,1-2H3,(H,14,16)/t9-,10+/m0/s1. The van der Waals surface area contributed by atoms with Crippen LogP contribution in [-0.2, 0) is 11.8 Å². The summed E-state index contributed by atoms with van der Waals surface area (Å²) in [6, 6.07) is 0. The Morgan fingerprint density at radius 2 is 2.50 bits per heavy atom. The normalized spacial score (nSPS) is 24.6. The summed E-state index contributed by atoms with van der Waals surface area (Å²) in [7, 11) is 2.01. The number of amides is 1. The first-order chi connectivity index (χ1) is 7.68. The van der Waals surface area contributed by atoms with Crippen LogP contribution in [0.5, 0.6) is 0 Å². The minimum Gasteiger partial charge on any atom is -0.356 e. The highest BCUT2D eigenvalue weighted by atomic mass is 16.1. The molecule has 2 heterocycles. The van der Waals surface area contributed by atoms with Crippen molar-refractivity contribution in [2.24, 2.45) is 13.0 Å². The van der Waals surface area contributed by atoms with Crippen LogP contribution < -0.4 is 10.6 Å². The highest BCUT2D eigenvalue weighted by molar-refractivity contribution is 5.72. The second-order valence-electron chi connectivity index (χ2n) is 4.39. The lowest BCUT2D eigenvalue weighted by atomic mass is 9.93. The maximum atomic E-state index is 10.9. The van der Waals surface area contributed by atoms with Crippen molar-refractivity contribution >= 4 is 5.91 Å². The van der Waals surface area contributed by atoms with Crippen molar-refractivity contribution < 1.29 is 4.79 Å². The van der Waals surface area contributed by atoms with Crippen molar-refractivity contribution in [1.29, 1.82) is 0 Å². The lowest BCUT2D eigenvalue weighted by molar-refractivity contribution is -0.119. The Balaban J connectivity index is 2.03. The molecule has 1 aliphatic heterocycles. The summed E-state index contributed by atoms with van der Waals surface area (Å²) in [4.78, 5) is 15.1. The SMILES string of the molecule is CC(=O)NC[C@@H]1CNC[C@H]1c1cncn1C. The van der Waals surface area contributed by atoms with Gasteiger partial charge in [0.25, 0.3) is 0 Å². The Morgan fingerprint density at radius 3 is 3.12 bits per heavy atom. The predicted octanol–water partition coefficient (Wildman–Crippen LogP) is -0.141. The molecule has 0 aliphatic carbocycles. The van der Waals surface area contributed by atoms with Crippen LogP contribution in [0.2, 0.25) is 0 Å². The number of hydrogen-bond donors (Lipinski definition) is 2. The maximum absolute atomic E-state index is 10.9. The second-order valence-corrected chi connectivity index (χ2v) is 4.39. The first-order valence-corrected chi connectivity index (χ1v) is 5.60. The van der Waals surface area contributed by atoms with E-state index in [4.69, 9.17) is 0 Å². The zero-order chi connectivity index (χ0) is 11.5. The van der Waals surface area contributed by atoms with Crippen LogP contribution in [0.15, 0.2) is 12.5 Å². The van der Waals surface area contributed by atoms with Crippen molar-refractivity contribution in [3.63, 3.8) is 0 Å². The molecule has 1 aromatic heterocycles. The average Bonchev–Trinajstić information content (AvgIpc) is 2.82. The van der Waals surface area contributed by atoms with E-state index in [1.807, 2.05) is 19.6 Å². The molecule has 0 aromatic carbocycles. The quantitative estimate of drug-likeness (QED) is 0.748. The van der Waals surface area contributed by atoms with E-state index in [9.17, 15) is 4.79 Å². The van der Waals surface area contributed by atoms with E-state index >= 15 is 0 Å². The van der Waals surface area contributed by atoms with E-state index in [-0.39, 0.29) is 5.91 Å². The van der Waals surface area contributed by atoms with Crippen LogP contribution in [0.4, 0.5) is 0 Å². The number of imidazole rings is 1. The van der Waals surface area contributed by atoms with Gasteiger partial charge in [0.1, 0.15) is 0 Å². The summed E-state index contributed by atoms with van der Waals surface area (Å²) in [6.45, 7) is 4.21. The Bertz CT molecular complexity index is 374. The van der Waals surface area contributed by atoms with E-state index in [2.05, 4.69) is 20.2 Å². The Hall–Kier alpha value is -1.36. The van der Waals surface area contributed by atoms with Crippen LogP contribution in [0.1, 0.15) is 18.5 Å². The Labute approximate surface area is 95.2 Å². The third-order valence-electron chi connectivity index (χ3n) is 3.19. The van der Waals surface area contributed by atoms with Gasteiger partial charge >= 0.3 is 0 Å². The molecular formula is C11H18N4O. The number of carbonyl (C=O) groups is 1. The molecule has 1 fully saturated rings. The fourth-order valence-electron chi connectivity index (χ4n) is 2.29. The van der Waals surface area contributed by atoms with Crippen molar-refractivity contribution in [2.75, 3.05) is 19.6 Å². The van der Waals surface area contributed by atoms with Gasteiger partial charge in [-0.05, 0) is 5.92 Å². The van der Waals surface area contributed by atoms with Crippen LogP contribution in [0, 0.1) is 5.92 Å². The van der Waals surface area contributed by atoms with Gasteiger partial charge in [0, 0.05) is 51.4 Å². The highest BCUT2D eigenvalue weighted by Gasteiger charge is 2.30. The van der Waals surface area contributed by atoms with Gasteiger partial charge in [0.05, 0.1) is 6.33 Å². The van der Waals surface area contributed by atoms with Crippen molar-refractivity contribution in [3.05, 3.63) is 18.2 Å². The van der Waals surface area contributed by atoms with Crippen molar-refractivity contribution in [2.45, 2.75) is 12.8 Å². The first kappa shape index (κ1) is 11.1. The van der Waals surface area contributed by atoms with E-state index in [1.54, 1.807) is 6.92 Å². The summed E-state index contributed by atoms with van der Waals surface area (Å²) < 4.78 is 2.05. The summed E-state index contributed by atoms with van der Waals surface area (Å²) in [5, 5.41) is 6.26. The molecule has 1 aromatic rings. The number of aryl methyl sites for hydroxylation is 1. The molecule has 88 valence electrons. The smallest absolute Gasteiger partial charge is 0.216 e. The van der Waals surface area contributed by atoms with Crippen LogP contribution in [-0.4, -0.2) is 35.1 Å². The number of nitrogens with one attached hydrogen (secondary N) is 2. The van der Waals surface area contributed by atoms with E-state index < -0.39 is 0 Å². The minimum atomic E-state index is 0.0376. The Morgan fingerprint density at radius 1 is 1.69 bits per heavy atom. The number of nitrogens with zero attached hydrogens (tertiary/aromatic N) is 2. The predicted molar refractivity (Wildman–Crippen MR) is 61.0 cm³/mol. The fourth-order valence-corrected chi connectivity index (χ4v) is 2.29. The molecule has 0 saturated carbocycles. The van der Waals surface area contributed by atoms with Gasteiger partial charge in [-0.3, -0.25) is 4.79 Å². The zero-order valence-corrected chi connectivity index (χ0v) is 9.73. The molecule has 0 spiro atoms. The van der Waals surface area contributed by atoms with Crippen LogP contribution in [0.3, 0.4) is 0 Å². The molecule has 1 saturated heterocycles. The summed E-state index contributed by atoms with van der Waals surface area (Å²) in [6.07, 6.45) is 3.74. The van der Waals surface area contributed by atoms with Gasteiger partial charge in [-0.25, -0.2) is 4.98 Å². The first-order valence-electron chi connectivity index (χ1n) is 5.60. The molecule has 1 amide bonds. The van der Waals surface area contributed by atoms with Crippen molar-refractivity contribution in [3.8, 4) is 0 Å². The number of hydrogen-bond acceptors (Lipinski definition) is 3. The van der Waals surface area contributed by atoms with E-state index in [0.717, 1.165) is 19.6 Å². The molecule has 1 aliphatic rings.